The van der Waals surface area contributed by atoms with Crippen LogP contribution in [0.25, 0.3) is 10.2 Å². The molecule has 1 N–H and O–H groups in total. The van der Waals surface area contributed by atoms with Gasteiger partial charge in [0.25, 0.3) is 0 Å². The van der Waals surface area contributed by atoms with Crippen LogP contribution in [-0.2, 0) is 4.79 Å². The van der Waals surface area contributed by atoms with Crippen molar-refractivity contribution in [3.05, 3.63) is 47.5 Å². The summed E-state index contributed by atoms with van der Waals surface area (Å²) in [5.74, 6) is 0.286. The molecule has 1 heterocycles. The van der Waals surface area contributed by atoms with Crippen LogP contribution in [-0.4, -0.2) is 29.7 Å². The second kappa shape index (κ2) is 8.75. The number of carbonyl (C=O) groups is 1. The Balaban J connectivity index is 1.56. The molecule has 3 rings (SSSR count). The molecular formula is C19H20ClN3OS2. The Labute approximate surface area is 166 Å². The van der Waals surface area contributed by atoms with E-state index in [1.54, 1.807) is 11.3 Å². The van der Waals surface area contributed by atoms with E-state index in [2.05, 4.69) is 29.0 Å². The molecule has 0 saturated carbocycles. The highest BCUT2D eigenvalue weighted by atomic mass is 35.5. The van der Waals surface area contributed by atoms with E-state index >= 15 is 0 Å². The van der Waals surface area contributed by atoms with Crippen molar-refractivity contribution in [3.63, 3.8) is 0 Å². The van der Waals surface area contributed by atoms with E-state index in [1.807, 2.05) is 42.5 Å². The molecule has 0 unspecified atom stereocenters. The highest BCUT2D eigenvalue weighted by Gasteiger charge is 2.09. The first-order valence-electron chi connectivity index (χ1n) is 8.42. The maximum atomic E-state index is 12.2. The van der Waals surface area contributed by atoms with Crippen LogP contribution in [0.1, 0.15) is 13.8 Å². The lowest BCUT2D eigenvalue weighted by Gasteiger charge is -2.21. The van der Waals surface area contributed by atoms with E-state index in [1.165, 1.54) is 11.8 Å². The molecule has 26 heavy (non-hydrogen) atoms. The molecule has 7 heteroatoms. The Morgan fingerprint density at radius 3 is 2.62 bits per heavy atom. The van der Waals surface area contributed by atoms with E-state index in [-0.39, 0.29) is 5.91 Å². The third kappa shape index (κ3) is 4.69. The van der Waals surface area contributed by atoms with Gasteiger partial charge in [-0.3, -0.25) is 4.79 Å². The van der Waals surface area contributed by atoms with Gasteiger partial charge < -0.3 is 10.2 Å². The summed E-state index contributed by atoms with van der Waals surface area (Å²) in [7, 11) is 0. The minimum atomic E-state index is -0.0390. The summed E-state index contributed by atoms with van der Waals surface area (Å²) in [6.07, 6.45) is 0. The molecule has 3 aromatic rings. The fourth-order valence-corrected chi connectivity index (χ4v) is 4.63. The summed E-state index contributed by atoms with van der Waals surface area (Å²) in [6.45, 7) is 6.19. The Kier molecular flexibility index (Phi) is 6.40. The normalized spacial score (nSPS) is 10.9. The van der Waals surface area contributed by atoms with E-state index in [0.717, 1.165) is 39.0 Å². The van der Waals surface area contributed by atoms with Crippen LogP contribution in [0.4, 0.5) is 11.4 Å². The van der Waals surface area contributed by atoms with Crippen LogP contribution in [0.5, 0.6) is 0 Å². The van der Waals surface area contributed by atoms with Gasteiger partial charge in [-0.25, -0.2) is 4.98 Å². The van der Waals surface area contributed by atoms with Gasteiger partial charge in [-0.1, -0.05) is 23.4 Å². The first kappa shape index (κ1) is 19.0. The van der Waals surface area contributed by atoms with Gasteiger partial charge in [0.15, 0.2) is 4.34 Å². The lowest BCUT2D eigenvalue weighted by atomic mass is 10.2. The van der Waals surface area contributed by atoms with Crippen molar-refractivity contribution in [2.75, 3.05) is 29.1 Å². The molecule has 0 spiro atoms. The van der Waals surface area contributed by atoms with Gasteiger partial charge in [-0.05, 0) is 56.3 Å². The molecule has 4 nitrogen and oxygen atoms in total. The van der Waals surface area contributed by atoms with Crippen molar-refractivity contribution in [2.45, 2.75) is 18.2 Å². The Hall–Kier alpha value is -1.76. The van der Waals surface area contributed by atoms with Crippen molar-refractivity contribution in [1.82, 2.24) is 4.98 Å². The number of hydrogen-bond donors (Lipinski definition) is 1. The van der Waals surface area contributed by atoms with Gasteiger partial charge in [0.1, 0.15) is 0 Å². The lowest BCUT2D eigenvalue weighted by molar-refractivity contribution is -0.113. The van der Waals surface area contributed by atoms with Gasteiger partial charge in [0.2, 0.25) is 5.91 Å². The molecule has 0 aliphatic rings. The zero-order valence-electron chi connectivity index (χ0n) is 14.7. The topological polar surface area (TPSA) is 45.2 Å². The van der Waals surface area contributed by atoms with Crippen molar-refractivity contribution in [3.8, 4) is 0 Å². The molecule has 0 bridgehead atoms. The molecule has 0 atom stereocenters. The van der Waals surface area contributed by atoms with Gasteiger partial charge in [0, 0.05) is 29.5 Å². The molecule has 0 aliphatic heterocycles. The minimum absolute atomic E-state index is 0.0390. The van der Waals surface area contributed by atoms with Gasteiger partial charge >= 0.3 is 0 Å². The Bertz CT molecular complexity index is 891. The predicted octanol–water partition coefficient (Wildman–Crippen LogP) is 5.53. The average Bonchev–Trinajstić information content (AvgIpc) is 3.04. The number of aromatic nitrogens is 1. The lowest BCUT2D eigenvalue weighted by Crippen LogP contribution is -2.21. The quantitative estimate of drug-likeness (QED) is 0.525. The highest BCUT2D eigenvalue weighted by Crippen LogP contribution is 2.31. The maximum Gasteiger partial charge on any atom is 0.234 e. The second-order valence-corrected chi connectivity index (χ2v) is 8.34. The number of nitrogens with zero attached hydrogens (tertiary/aromatic N) is 2. The molecule has 2 aromatic carbocycles. The average molecular weight is 406 g/mol. The molecule has 136 valence electrons. The molecule has 0 radical (unpaired) electrons. The first-order valence-corrected chi connectivity index (χ1v) is 10.6. The maximum absolute atomic E-state index is 12.2. The summed E-state index contributed by atoms with van der Waals surface area (Å²) in [6, 6.07) is 13.6. The SMILES string of the molecule is CCN(CC)c1ccc(NC(=O)CSc2nc3cc(Cl)ccc3s2)cc1. The van der Waals surface area contributed by atoms with Crippen molar-refractivity contribution < 1.29 is 4.79 Å². The second-order valence-electron chi connectivity index (χ2n) is 5.65. The van der Waals surface area contributed by atoms with Gasteiger partial charge in [-0.2, -0.15) is 0 Å². The van der Waals surface area contributed by atoms with E-state index in [9.17, 15) is 4.79 Å². The number of hydrogen-bond acceptors (Lipinski definition) is 5. The molecule has 1 aromatic heterocycles. The number of nitrogens with one attached hydrogen (secondary N) is 1. The number of thioether (sulfide) groups is 1. The van der Waals surface area contributed by atoms with E-state index in [4.69, 9.17) is 11.6 Å². The minimum Gasteiger partial charge on any atom is -0.372 e. The van der Waals surface area contributed by atoms with Crippen LogP contribution in [0.3, 0.4) is 0 Å². The number of thiazole rings is 1. The summed E-state index contributed by atoms with van der Waals surface area (Å²) in [5, 5.41) is 3.61. The number of anilines is 2. The van der Waals surface area contributed by atoms with Gasteiger partial charge in [-0.15, -0.1) is 11.3 Å². The summed E-state index contributed by atoms with van der Waals surface area (Å²) < 4.78 is 1.94. The highest BCUT2D eigenvalue weighted by molar-refractivity contribution is 8.01. The number of fused-ring (bicyclic) bond motifs is 1. The monoisotopic (exact) mass is 405 g/mol. The van der Waals surface area contributed by atoms with E-state index in [0.29, 0.717) is 10.8 Å². The zero-order valence-corrected chi connectivity index (χ0v) is 17.0. The number of rotatable bonds is 7. The fraction of sp³-hybridized carbons (Fsp3) is 0.263. The third-order valence-electron chi connectivity index (χ3n) is 3.94. The molecule has 0 fully saturated rings. The third-order valence-corrected chi connectivity index (χ3v) is 6.35. The van der Waals surface area contributed by atoms with E-state index < -0.39 is 0 Å². The Morgan fingerprint density at radius 1 is 1.19 bits per heavy atom. The standard InChI is InChI=1S/C19H20ClN3OS2/c1-3-23(4-2)15-8-6-14(7-9-15)21-18(24)12-25-19-22-16-11-13(20)5-10-17(16)26-19/h5-11H,3-4,12H2,1-2H3,(H,21,24). The number of carbonyl (C=O) groups excluding carboxylic acids is 1. The predicted molar refractivity (Wildman–Crippen MR) is 114 cm³/mol. The van der Waals surface area contributed by atoms with Crippen LogP contribution < -0.4 is 10.2 Å². The van der Waals surface area contributed by atoms with Crippen molar-refractivity contribution in [2.24, 2.45) is 0 Å². The summed E-state index contributed by atoms with van der Waals surface area (Å²) in [5.41, 5.74) is 2.84. The zero-order chi connectivity index (χ0) is 18.5. The van der Waals surface area contributed by atoms with Crippen molar-refractivity contribution >= 4 is 62.2 Å². The first-order chi connectivity index (χ1) is 12.6. The molecule has 1 amide bonds. The number of amides is 1. The molecule has 0 aliphatic carbocycles. The summed E-state index contributed by atoms with van der Waals surface area (Å²) >= 11 is 9.00. The molecular weight excluding hydrogens is 386 g/mol. The largest absolute Gasteiger partial charge is 0.372 e. The number of halogens is 1. The summed E-state index contributed by atoms with van der Waals surface area (Å²) in [4.78, 5) is 19.0. The smallest absolute Gasteiger partial charge is 0.234 e. The van der Waals surface area contributed by atoms with Crippen molar-refractivity contribution in [1.29, 1.82) is 0 Å². The molecule has 0 saturated heterocycles. The van der Waals surface area contributed by atoms with Crippen LogP contribution >= 0.6 is 34.7 Å². The van der Waals surface area contributed by atoms with Crippen LogP contribution in [0.15, 0.2) is 46.8 Å². The van der Waals surface area contributed by atoms with Crippen LogP contribution in [0.2, 0.25) is 5.02 Å². The number of benzene rings is 2. The van der Waals surface area contributed by atoms with Crippen LogP contribution in [0, 0.1) is 0 Å². The Morgan fingerprint density at radius 2 is 1.92 bits per heavy atom. The van der Waals surface area contributed by atoms with Gasteiger partial charge in [0.05, 0.1) is 16.0 Å². The fourth-order valence-electron chi connectivity index (χ4n) is 2.61.